The number of rotatable bonds is 5. The monoisotopic (exact) mass is 286 g/mol. The van der Waals surface area contributed by atoms with Gasteiger partial charge in [-0.1, -0.05) is 0 Å². The van der Waals surface area contributed by atoms with E-state index in [0.717, 1.165) is 4.31 Å². The van der Waals surface area contributed by atoms with Crippen LogP contribution in [0.3, 0.4) is 0 Å². The van der Waals surface area contributed by atoms with E-state index in [-0.39, 0.29) is 16.0 Å². The summed E-state index contributed by atoms with van der Waals surface area (Å²) in [7, 11) is -2.64. The molecule has 0 aromatic heterocycles. The molecule has 8 heteroatoms. The predicted octanol–water partition coefficient (Wildman–Crippen LogP) is -0.201. The van der Waals surface area contributed by atoms with E-state index in [1.54, 1.807) is 0 Å². The third kappa shape index (κ3) is 3.30. The first kappa shape index (κ1) is 15.1. The summed E-state index contributed by atoms with van der Waals surface area (Å²) < 4.78 is 25.1. The van der Waals surface area contributed by atoms with E-state index in [1.807, 2.05) is 0 Å². The minimum Gasteiger partial charge on any atom is -0.478 e. The lowest BCUT2D eigenvalue weighted by Crippen LogP contribution is -2.35. The van der Waals surface area contributed by atoms with Gasteiger partial charge >= 0.3 is 5.97 Å². The van der Waals surface area contributed by atoms with E-state index in [0.29, 0.717) is 0 Å². The molecular weight excluding hydrogens is 272 g/mol. The SMILES string of the molecule is Cc1cc(C(=O)O)ccc1S(=O)(=O)N(C)CC(N)=O. The molecule has 1 aromatic rings. The quantitative estimate of drug-likeness (QED) is 0.777. The number of carbonyl (C=O) groups excluding carboxylic acids is 1. The Labute approximate surface area is 110 Å². The molecule has 0 saturated carbocycles. The van der Waals surface area contributed by atoms with Crippen LogP contribution in [0.25, 0.3) is 0 Å². The van der Waals surface area contributed by atoms with Gasteiger partial charge in [0.15, 0.2) is 0 Å². The second-order valence-electron chi connectivity index (χ2n) is 4.01. The summed E-state index contributed by atoms with van der Waals surface area (Å²) in [5.41, 5.74) is 5.23. The molecule has 0 aliphatic rings. The van der Waals surface area contributed by atoms with Crippen molar-refractivity contribution in [2.24, 2.45) is 5.73 Å². The Balaban J connectivity index is 3.22. The molecule has 19 heavy (non-hydrogen) atoms. The molecule has 1 aromatic carbocycles. The van der Waals surface area contributed by atoms with E-state index < -0.39 is 28.4 Å². The number of benzene rings is 1. The highest BCUT2D eigenvalue weighted by Gasteiger charge is 2.24. The number of primary amides is 1. The molecule has 0 aliphatic carbocycles. The van der Waals surface area contributed by atoms with Crippen LogP contribution in [-0.4, -0.2) is 43.3 Å². The molecule has 0 radical (unpaired) electrons. The van der Waals surface area contributed by atoms with Crippen LogP contribution in [0.15, 0.2) is 23.1 Å². The lowest BCUT2D eigenvalue weighted by Gasteiger charge is -2.17. The van der Waals surface area contributed by atoms with Gasteiger partial charge in [0.25, 0.3) is 0 Å². The van der Waals surface area contributed by atoms with E-state index in [1.165, 1.54) is 32.2 Å². The fraction of sp³-hybridized carbons (Fsp3) is 0.273. The van der Waals surface area contributed by atoms with Crippen molar-refractivity contribution in [3.63, 3.8) is 0 Å². The first-order chi connectivity index (χ1) is 8.66. The second-order valence-corrected chi connectivity index (χ2v) is 6.03. The van der Waals surface area contributed by atoms with Crippen molar-refractivity contribution in [2.45, 2.75) is 11.8 Å². The van der Waals surface area contributed by atoms with Gasteiger partial charge in [0.05, 0.1) is 17.0 Å². The highest BCUT2D eigenvalue weighted by Crippen LogP contribution is 2.20. The Hall–Kier alpha value is -1.93. The van der Waals surface area contributed by atoms with E-state index in [9.17, 15) is 18.0 Å². The fourth-order valence-corrected chi connectivity index (χ4v) is 2.88. The Morgan fingerprint density at radius 3 is 2.37 bits per heavy atom. The maximum Gasteiger partial charge on any atom is 0.335 e. The van der Waals surface area contributed by atoms with Gasteiger partial charge in [-0.2, -0.15) is 4.31 Å². The van der Waals surface area contributed by atoms with Crippen molar-refractivity contribution in [3.05, 3.63) is 29.3 Å². The number of carbonyl (C=O) groups is 2. The minimum absolute atomic E-state index is 0.00555. The van der Waals surface area contributed by atoms with Gasteiger partial charge in [0, 0.05) is 7.05 Å². The molecule has 0 spiro atoms. The number of nitrogens with zero attached hydrogens (tertiary/aromatic N) is 1. The average Bonchev–Trinajstić information content (AvgIpc) is 2.27. The summed E-state index contributed by atoms with van der Waals surface area (Å²) >= 11 is 0. The molecule has 0 saturated heterocycles. The van der Waals surface area contributed by atoms with E-state index in [4.69, 9.17) is 10.8 Å². The van der Waals surface area contributed by atoms with Crippen LogP contribution in [-0.2, 0) is 14.8 Å². The number of hydrogen-bond donors (Lipinski definition) is 2. The Morgan fingerprint density at radius 1 is 1.37 bits per heavy atom. The smallest absolute Gasteiger partial charge is 0.335 e. The van der Waals surface area contributed by atoms with Crippen LogP contribution in [0.4, 0.5) is 0 Å². The molecule has 0 bridgehead atoms. The number of aromatic carboxylic acids is 1. The number of carboxylic acid groups (broad SMARTS) is 1. The van der Waals surface area contributed by atoms with Gasteiger partial charge in [0.2, 0.25) is 15.9 Å². The maximum atomic E-state index is 12.1. The Kier molecular flexibility index (Phi) is 4.28. The van der Waals surface area contributed by atoms with Gasteiger partial charge < -0.3 is 10.8 Å². The molecule has 0 aliphatic heterocycles. The van der Waals surface area contributed by atoms with Gasteiger partial charge in [-0.15, -0.1) is 0 Å². The zero-order valence-electron chi connectivity index (χ0n) is 10.5. The Bertz CT molecular complexity index is 624. The van der Waals surface area contributed by atoms with Crippen LogP contribution in [0, 0.1) is 6.92 Å². The third-order valence-electron chi connectivity index (χ3n) is 2.49. The predicted molar refractivity (Wildman–Crippen MR) is 67.1 cm³/mol. The van der Waals surface area contributed by atoms with Crippen LogP contribution < -0.4 is 5.73 Å². The second kappa shape index (κ2) is 5.37. The molecule has 0 atom stereocenters. The van der Waals surface area contributed by atoms with Gasteiger partial charge in [-0.25, -0.2) is 13.2 Å². The van der Waals surface area contributed by atoms with Crippen LogP contribution in [0.5, 0.6) is 0 Å². The van der Waals surface area contributed by atoms with Gasteiger partial charge in [0.1, 0.15) is 0 Å². The van der Waals surface area contributed by atoms with Crippen LogP contribution >= 0.6 is 0 Å². The van der Waals surface area contributed by atoms with Crippen molar-refractivity contribution < 1.29 is 23.1 Å². The van der Waals surface area contributed by atoms with Crippen molar-refractivity contribution in [3.8, 4) is 0 Å². The molecular formula is C11H14N2O5S. The summed E-state index contributed by atoms with van der Waals surface area (Å²) in [6.07, 6.45) is 0. The number of hydrogen-bond acceptors (Lipinski definition) is 4. The lowest BCUT2D eigenvalue weighted by molar-refractivity contribution is -0.118. The zero-order valence-corrected chi connectivity index (χ0v) is 11.3. The number of nitrogens with two attached hydrogens (primary N) is 1. The highest BCUT2D eigenvalue weighted by molar-refractivity contribution is 7.89. The van der Waals surface area contributed by atoms with Gasteiger partial charge in [-0.05, 0) is 30.7 Å². The topological polar surface area (TPSA) is 118 Å². The largest absolute Gasteiger partial charge is 0.478 e. The Morgan fingerprint density at radius 2 is 1.95 bits per heavy atom. The van der Waals surface area contributed by atoms with Crippen molar-refractivity contribution >= 4 is 21.9 Å². The van der Waals surface area contributed by atoms with Crippen LogP contribution in [0.1, 0.15) is 15.9 Å². The number of sulfonamides is 1. The molecule has 0 unspecified atom stereocenters. The van der Waals surface area contributed by atoms with Crippen molar-refractivity contribution in [2.75, 3.05) is 13.6 Å². The number of likely N-dealkylation sites (N-methyl/N-ethyl adjacent to an activating group) is 1. The zero-order chi connectivity index (χ0) is 14.8. The molecule has 3 N–H and O–H groups in total. The molecule has 104 valence electrons. The van der Waals surface area contributed by atoms with Crippen LogP contribution in [0.2, 0.25) is 0 Å². The standard InChI is InChI=1S/C11H14N2O5S/c1-7-5-8(11(15)16)3-4-9(7)19(17,18)13(2)6-10(12)14/h3-5H,6H2,1-2H3,(H2,12,14)(H,15,16). The number of amides is 1. The average molecular weight is 286 g/mol. The summed E-state index contributed by atoms with van der Waals surface area (Å²) in [6.45, 7) is 1.04. The first-order valence-electron chi connectivity index (χ1n) is 5.25. The maximum absolute atomic E-state index is 12.1. The molecule has 1 amide bonds. The summed E-state index contributed by atoms with van der Waals surface area (Å²) in [6, 6.07) is 3.65. The summed E-state index contributed by atoms with van der Waals surface area (Å²) in [4.78, 5) is 21.5. The highest BCUT2D eigenvalue weighted by atomic mass is 32.2. The number of aryl methyl sites for hydroxylation is 1. The van der Waals surface area contributed by atoms with E-state index in [2.05, 4.69) is 0 Å². The normalized spacial score (nSPS) is 11.5. The van der Waals surface area contributed by atoms with E-state index >= 15 is 0 Å². The van der Waals surface area contributed by atoms with Crippen molar-refractivity contribution in [1.29, 1.82) is 0 Å². The molecule has 1 rings (SSSR count). The fourth-order valence-electron chi connectivity index (χ4n) is 1.54. The first-order valence-corrected chi connectivity index (χ1v) is 6.69. The van der Waals surface area contributed by atoms with Gasteiger partial charge in [-0.3, -0.25) is 4.79 Å². The molecule has 0 fully saturated rings. The molecule has 7 nitrogen and oxygen atoms in total. The molecule has 0 heterocycles. The third-order valence-corrected chi connectivity index (χ3v) is 4.45. The van der Waals surface area contributed by atoms with Crippen molar-refractivity contribution in [1.82, 2.24) is 4.31 Å². The summed E-state index contributed by atoms with van der Waals surface area (Å²) in [5, 5.41) is 8.81. The minimum atomic E-state index is -3.87. The lowest BCUT2D eigenvalue weighted by atomic mass is 10.1. The summed E-state index contributed by atoms with van der Waals surface area (Å²) in [5.74, 6) is -1.91. The number of carboxylic acids is 1.